The summed E-state index contributed by atoms with van der Waals surface area (Å²) >= 11 is 0. The molecule has 0 bridgehead atoms. The maximum Gasteiger partial charge on any atom is 0.185 e. The molecule has 3 aromatic rings. The van der Waals surface area contributed by atoms with E-state index in [2.05, 4.69) is 38.4 Å². The molecule has 0 spiro atoms. The zero-order valence-electron chi connectivity index (χ0n) is 9.95. The Morgan fingerprint density at radius 1 is 1.00 bits per heavy atom. The molecular formula is C13H13N5. The molecule has 5 heteroatoms. The van der Waals surface area contributed by atoms with Crippen LogP contribution in [0.3, 0.4) is 0 Å². The number of benzene rings is 1. The smallest absolute Gasteiger partial charge is 0.185 e. The van der Waals surface area contributed by atoms with E-state index >= 15 is 0 Å². The molecule has 0 unspecified atom stereocenters. The van der Waals surface area contributed by atoms with Gasteiger partial charge in [-0.05, 0) is 12.8 Å². The second-order valence-electron chi connectivity index (χ2n) is 4.66. The van der Waals surface area contributed by atoms with E-state index in [1.807, 2.05) is 6.07 Å². The molecule has 0 aliphatic carbocycles. The standard InChI is InChI=1S/C13H13N5/c1-2-6-11-10(5-1)12-15-14-9-18(12)16-13(11)17-7-3-4-8-17/h1-2,5-6,9H,3-4,7-8H2. The lowest BCUT2D eigenvalue weighted by atomic mass is 10.2. The van der Waals surface area contributed by atoms with Crippen LogP contribution in [0.1, 0.15) is 12.8 Å². The number of hydrogen-bond acceptors (Lipinski definition) is 4. The van der Waals surface area contributed by atoms with Gasteiger partial charge in [0.25, 0.3) is 0 Å². The number of nitrogens with zero attached hydrogens (tertiary/aromatic N) is 5. The van der Waals surface area contributed by atoms with Gasteiger partial charge in [-0.2, -0.15) is 4.52 Å². The van der Waals surface area contributed by atoms with Crippen LogP contribution >= 0.6 is 0 Å². The topological polar surface area (TPSA) is 46.3 Å². The maximum absolute atomic E-state index is 4.66. The van der Waals surface area contributed by atoms with Gasteiger partial charge in [0.1, 0.15) is 6.33 Å². The van der Waals surface area contributed by atoms with Gasteiger partial charge in [-0.25, -0.2) is 0 Å². The normalized spacial score (nSPS) is 15.9. The molecule has 1 aliphatic heterocycles. The molecule has 1 aliphatic rings. The summed E-state index contributed by atoms with van der Waals surface area (Å²) in [4.78, 5) is 2.35. The lowest BCUT2D eigenvalue weighted by Gasteiger charge is -2.18. The quantitative estimate of drug-likeness (QED) is 0.650. The molecule has 5 nitrogen and oxygen atoms in total. The molecule has 1 aromatic carbocycles. The Morgan fingerprint density at radius 2 is 1.78 bits per heavy atom. The molecule has 2 aromatic heterocycles. The summed E-state index contributed by atoms with van der Waals surface area (Å²) in [5.74, 6) is 1.05. The first-order valence-electron chi connectivity index (χ1n) is 6.27. The summed E-state index contributed by atoms with van der Waals surface area (Å²) in [6, 6.07) is 8.28. The zero-order valence-corrected chi connectivity index (χ0v) is 9.95. The van der Waals surface area contributed by atoms with Crippen LogP contribution in [-0.4, -0.2) is 32.9 Å². The first-order chi connectivity index (χ1) is 8.93. The van der Waals surface area contributed by atoms with Crippen LogP contribution in [0.25, 0.3) is 16.4 Å². The molecular weight excluding hydrogens is 226 g/mol. The molecule has 1 saturated heterocycles. The molecule has 90 valence electrons. The van der Waals surface area contributed by atoms with Crippen LogP contribution in [0.4, 0.5) is 5.82 Å². The fourth-order valence-corrected chi connectivity index (χ4v) is 2.67. The fraction of sp³-hybridized carbons (Fsp3) is 0.308. The number of anilines is 1. The molecule has 0 radical (unpaired) electrons. The SMILES string of the molecule is c1ccc2c(c1)c(N1CCCC1)nn1cnnc21. The Bertz CT molecular complexity index is 712. The zero-order chi connectivity index (χ0) is 11.9. The molecule has 18 heavy (non-hydrogen) atoms. The first-order valence-corrected chi connectivity index (χ1v) is 6.27. The van der Waals surface area contributed by atoms with Crippen LogP contribution in [0.2, 0.25) is 0 Å². The highest BCUT2D eigenvalue weighted by Gasteiger charge is 2.18. The average molecular weight is 239 g/mol. The largest absolute Gasteiger partial charge is 0.355 e. The van der Waals surface area contributed by atoms with Crippen molar-refractivity contribution >= 4 is 22.2 Å². The number of hydrogen-bond donors (Lipinski definition) is 0. The summed E-state index contributed by atoms with van der Waals surface area (Å²) < 4.78 is 1.77. The van der Waals surface area contributed by atoms with Crippen molar-refractivity contribution in [3.8, 4) is 0 Å². The van der Waals surface area contributed by atoms with Crippen molar-refractivity contribution in [1.29, 1.82) is 0 Å². The Morgan fingerprint density at radius 3 is 2.61 bits per heavy atom. The van der Waals surface area contributed by atoms with Crippen LogP contribution in [0, 0.1) is 0 Å². The first kappa shape index (κ1) is 9.82. The maximum atomic E-state index is 4.66. The van der Waals surface area contributed by atoms with Gasteiger partial charge in [0.05, 0.1) is 0 Å². The van der Waals surface area contributed by atoms with E-state index in [0.29, 0.717) is 0 Å². The number of rotatable bonds is 1. The summed E-state index contributed by atoms with van der Waals surface area (Å²) in [6.07, 6.45) is 4.16. The highest BCUT2D eigenvalue weighted by atomic mass is 15.4. The van der Waals surface area contributed by atoms with Gasteiger partial charge in [-0.1, -0.05) is 24.3 Å². The Kier molecular flexibility index (Phi) is 2.00. The minimum absolute atomic E-state index is 0.827. The van der Waals surface area contributed by atoms with Crippen LogP contribution in [-0.2, 0) is 0 Å². The number of fused-ring (bicyclic) bond motifs is 3. The molecule has 0 saturated carbocycles. The van der Waals surface area contributed by atoms with E-state index in [1.54, 1.807) is 10.8 Å². The van der Waals surface area contributed by atoms with Gasteiger partial charge >= 0.3 is 0 Å². The average Bonchev–Trinajstić information content (AvgIpc) is 3.09. The minimum Gasteiger partial charge on any atom is -0.355 e. The predicted octanol–water partition coefficient (Wildman–Crippen LogP) is 1.88. The van der Waals surface area contributed by atoms with Crippen LogP contribution < -0.4 is 4.90 Å². The summed E-state index contributed by atoms with van der Waals surface area (Å²) in [5.41, 5.74) is 0.827. The third kappa shape index (κ3) is 1.30. The molecule has 4 rings (SSSR count). The monoisotopic (exact) mass is 239 g/mol. The molecule has 0 atom stereocenters. The fourth-order valence-electron chi connectivity index (χ4n) is 2.67. The van der Waals surface area contributed by atoms with Gasteiger partial charge in [-0.3, -0.25) is 0 Å². The van der Waals surface area contributed by atoms with Gasteiger partial charge in [0.15, 0.2) is 11.5 Å². The van der Waals surface area contributed by atoms with Crippen molar-refractivity contribution in [2.75, 3.05) is 18.0 Å². The third-order valence-electron chi connectivity index (χ3n) is 3.55. The highest BCUT2D eigenvalue weighted by molar-refractivity contribution is 6.00. The van der Waals surface area contributed by atoms with Gasteiger partial charge in [0.2, 0.25) is 0 Å². The third-order valence-corrected chi connectivity index (χ3v) is 3.55. The molecule has 3 heterocycles. The molecule has 1 fully saturated rings. The van der Waals surface area contributed by atoms with E-state index in [0.717, 1.165) is 29.9 Å². The van der Waals surface area contributed by atoms with Crippen molar-refractivity contribution in [3.05, 3.63) is 30.6 Å². The van der Waals surface area contributed by atoms with E-state index in [1.165, 1.54) is 18.2 Å². The van der Waals surface area contributed by atoms with Crippen molar-refractivity contribution in [2.45, 2.75) is 12.8 Å². The van der Waals surface area contributed by atoms with Gasteiger partial charge < -0.3 is 4.90 Å². The van der Waals surface area contributed by atoms with Crippen molar-refractivity contribution < 1.29 is 0 Å². The van der Waals surface area contributed by atoms with Crippen molar-refractivity contribution in [1.82, 2.24) is 19.8 Å². The second-order valence-corrected chi connectivity index (χ2v) is 4.66. The van der Waals surface area contributed by atoms with Gasteiger partial charge in [0, 0.05) is 23.9 Å². The predicted molar refractivity (Wildman–Crippen MR) is 69.7 cm³/mol. The van der Waals surface area contributed by atoms with E-state index in [4.69, 9.17) is 0 Å². The van der Waals surface area contributed by atoms with E-state index in [-0.39, 0.29) is 0 Å². The van der Waals surface area contributed by atoms with E-state index < -0.39 is 0 Å². The van der Waals surface area contributed by atoms with Crippen LogP contribution in [0.15, 0.2) is 30.6 Å². The Hall–Kier alpha value is -2.17. The van der Waals surface area contributed by atoms with E-state index in [9.17, 15) is 0 Å². The van der Waals surface area contributed by atoms with Crippen molar-refractivity contribution in [3.63, 3.8) is 0 Å². The summed E-state index contributed by atoms with van der Waals surface area (Å²) in [7, 11) is 0. The molecule has 0 N–H and O–H groups in total. The highest BCUT2D eigenvalue weighted by Crippen LogP contribution is 2.28. The Balaban J connectivity index is 2.08. The lowest BCUT2D eigenvalue weighted by molar-refractivity contribution is 0.866. The summed E-state index contributed by atoms with van der Waals surface area (Å²) in [6.45, 7) is 2.18. The molecule has 0 amide bonds. The van der Waals surface area contributed by atoms with Gasteiger partial charge in [-0.15, -0.1) is 15.3 Å². The summed E-state index contributed by atoms with van der Waals surface area (Å²) in [5, 5.41) is 15.0. The van der Waals surface area contributed by atoms with Crippen molar-refractivity contribution in [2.24, 2.45) is 0 Å². The van der Waals surface area contributed by atoms with Crippen LogP contribution in [0.5, 0.6) is 0 Å². The number of aromatic nitrogens is 4. The Labute approximate surface area is 104 Å². The second kappa shape index (κ2) is 3.66. The lowest BCUT2D eigenvalue weighted by Crippen LogP contribution is -2.20. The minimum atomic E-state index is 0.827.